The van der Waals surface area contributed by atoms with Gasteiger partial charge in [-0.15, -0.1) is 11.3 Å². The number of hydrogen-bond acceptors (Lipinski definition) is 4. The van der Waals surface area contributed by atoms with Crippen LogP contribution in [0.25, 0.3) is 22.4 Å². The second kappa shape index (κ2) is 7.76. The lowest BCUT2D eigenvalue weighted by Crippen LogP contribution is -1.90. The molecular formula is C22H17N3S. The first-order valence-corrected chi connectivity index (χ1v) is 9.22. The molecule has 0 radical (unpaired) electrons. The molecule has 0 unspecified atom stereocenters. The van der Waals surface area contributed by atoms with E-state index in [1.54, 1.807) is 17.6 Å². The lowest BCUT2D eigenvalue weighted by molar-refractivity contribution is 1.29. The van der Waals surface area contributed by atoms with E-state index >= 15 is 0 Å². The molecule has 26 heavy (non-hydrogen) atoms. The molecule has 0 aliphatic rings. The number of nitrogens with one attached hydrogen (secondary N) is 1. The normalized spacial score (nSPS) is 10.9. The number of hydrogen-bond donors (Lipinski definition) is 1. The third-order valence-corrected chi connectivity index (χ3v) is 4.71. The summed E-state index contributed by atoms with van der Waals surface area (Å²) in [7, 11) is 0. The van der Waals surface area contributed by atoms with Gasteiger partial charge in [-0.3, -0.25) is 5.43 Å². The van der Waals surface area contributed by atoms with E-state index in [4.69, 9.17) is 0 Å². The minimum atomic E-state index is 0.779. The predicted molar refractivity (Wildman–Crippen MR) is 111 cm³/mol. The van der Waals surface area contributed by atoms with Gasteiger partial charge >= 0.3 is 0 Å². The van der Waals surface area contributed by atoms with Crippen molar-refractivity contribution in [1.29, 1.82) is 0 Å². The number of aromatic nitrogens is 1. The summed E-state index contributed by atoms with van der Waals surface area (Å²) in [5.74, 6) is 0. The molecule has 0 spiro atoms. The summed E-state index contributed by atoms with van der Waals surface area (Å²) in [6.07, 6.45) is 1.80. The van der Waals surface area contributed by atoms with Crippen LogP contribution in [-0.4, -0.2) is 11.2 Å². The van der Waals surface area contributed by atoms with Crippen LogP contribution in [0.3, 0.4) is 0 Å². The van der Waals surface area contributed by atoms with Crippen molar-refractivity contribution in [3.05, 3.63) is 95.9 Å². The molecule has 1 aromatic heterocycles. The van der Waals surface area contributed by atoms with Gasteiger partial charge in [0.25, 0.3) is 0 Å². The number of thiazole rings is 1. The molecule has 126 valence electrons. The summed E-state index contributed by atoms with van der Waals surface area (Å²) in [5.41, 5.74) is 8.52. The molecule has 0 atom stereocenters. The van der Waals surface area contributed by atoms with Gasteiger partial charge in [-0.1, -0.05) is 84.9 Å². The quantitative estimate of drug-likeness (QED) is 0.356. The van der Waals surface area contributed by atoms with Crippen LogP contribution in [0.15, 0.2) is 95.4 Å². The zero-order valence-electron chi connectivity index (χ0n) is 14.0. The molecule has 0 aliphatic carbocycles. The molecule has 3 nitrogen and oxygen atoms in total. The van der Waals surface area contributed by atoms with Gasteiger partial charge in [0, 0.05) is 10.9 Å². The van der Waals surface area contributed by atoms with Crippen molar-refractivity contribution in [2.45, 2.75) is 0 Å². The Balaban J connectivity index is 1.40. The SMILES string of the molecule is C(=N\Nc1nc(-c2ccccc2)cs1)/c1ccc(-c2ccccc2)cc1. The molecule has 3 aromatic carbocycles. The Hall–Kier alpha value is -3.24. The van der Waals surface area contributed by atoms with E-state index in [0.29, 0.717) is 0 Å². The minimum Gasteiger partial charge on any atom is -0.253 e. The summed E-state index contributed by atoms with van der Waals surface area (Å²) in [6.45, 7) is 0. The van der Waals surface area contributed by atoms with Gasteiger partial charge < -0.3 is 0 Å². The van der Waals surface area contributed by atoms with Crippen LogP contribution < -0.4 is 5.43 Å². The van der Waals surface area contributed by atoms with Gasteiger partial charge in [0.2, 0.25) is 5.13 Å². The Morgan fingerprint density at radius 1 is 0.731 bits per heavy atom. The van der Waals surface area contributed by atoms with E-state index in [9.17, 15) is 0 Å². The first-order valence-electron chi connectivity index (χ1n) is 8.34. The van der Waals surface area contributed by atoms with Crippen molar-refractivity contribution in [2.24, 2.45) is 5.10 Å². The molecule has 0 saturated carbocycles. The summed E-state index contributed by atoms with van der Waals surface area (Å²) >= 11 is 1.54. The van der Waals surface area contributed by atoms with Gasteiger partial charge in [0.15, 0.2) is 0 Å². The van der Waals surface area contributed by atoms with Crippen LogP contribution in [-0.2, 0) is 0 Å². The molecule has 0 aliphatic heterocycles. The van der Waals surface area contributed by atoms with Crippen molar-refractivity contribution < 1.29 is 0 Å². The Labute approximate surface area is 156 Å². The monoisotopic (exact) mass is 355 g/mol. The number of benzene rings is 3. The minimum absolute atomic E-state index is 0.779. The highest BCUT2D eigenvalue weighted by Crippen LogP contribution is 2.24. The zero-order valence-corrected chi connectivity index (χ0v) is 14.9. The van der Waals surface area contributed by atoms with E-state index in [1.165, 1.54) is 11.1 Å². The molecule has 0 amide bonds. The number of nitrogens with zero attached hydrogens (tertiary/aromatic N) is 2. The van der Waals surface area contributed by atoms with E-state index in [1.807, 2.05) is 41.8 Å². The summed E-state index contributed by atoms with van der Waals surface area (Å²) < 4.78 is 0. The maximum absolute atomic E-state index is 4.56. The average molecular weight is 355 g/mol. The first kappa shape index (κ1) is 16.2. The zero-order chi connectivity index (χ0) is 17.6. The Kier molecular flexibility index (Phi) is 4.85. The van der Waals surface area contributed by atoms with Crippen LogP contribution in [0, 0.1) is 0 Å². The van der Waals surface area contributed by atoms with Gasteiger partial charge in [0.1, 0.15) is 0 Å². The topological polar surface area (TPSA) is 37.3 Å². The van der Waals surface area contributed by atoms with Crippen molar-refractivity contribution >= 4 is 22.7 Å². The van der Waals surface area contributed by atoms with Gasteiger partial charge in [-0.25, -0.2) is 4.98 Å². The second-order valence-electron chi connectivity index (χ2n) is 5.76. The molecular weight excluding hydrogens is 338 g/mol. The third kappa shape index (κ3) is 3.87. The first-order chi connectivity index (χ1) is 12.9. The second-order valence-corrected chi connectivity index (χ2v) is 6.62. The maximum Gasteiger partial charge on any atom is 0.203 e. The summed E-state index contributed by atoms with van der Waals surface area (Å²) in [5, 5.41) is 7.10. The summed E-state index contributed by atoms with van der Waals surface area (Å²) in [6, 6.07) is 28.8. The van der Waals surface area contributed by atoms with Crippen LogP contribution in [0.5, 0.6) is 0 Å². The maximum atomic E-state index is 4.56. The average Bonchev–Trinajstić information content (AvgIpc) is 3.19. The van der Waals surface area contributed by atoms with Crippen molar-refractivity contribution in [3.63, 3.8) is 0 Å². The predicted octanol–water partition coefficient (Wildman–Crippen LogP) is 5.92. The Bertz CT molecular complexity index is 991. The van der Waals surface area contributed by atoms with Gasteiger partial charge in [0.05, 0.1) is 11.9 Å². The fourth-order valence-corrected chi connectivity index (χ4v) is 3.29. The molecule has 4 heteroatoms. The van der Waals surface area contributed by atoms with Gasteiger partial charge in [-0.2, -0.15) is 5.10 Å². The van der Waals surface area contributed by atoms with Gasteiger partial charge in [-0.05, 0) is 16.7 Å². The van der Waals surface area contributed by atoms with Crippen LogP contribution >= 0.6 is 11.3 Å². The highest BCUT2D eigenvalue weighted by molar-refractivity contribution is 7.14. The molecule has 0 bridgehead atoms. The molecule has 4 aromatic rings. The van der Waals surface area contributed by atoms with Crippen molar-refractivity contribution in [1.82, 2.24) is 4.98 Å². The molecule has 0 saturated heterocycles. The van der Waals surface area contributed by atoms with E-state index in [-0.39, 0.29) is 0 Å². The standard InChI is InChI=1S/C22H17N3S/c1-3-7-18(8-4-1)19-13-11-17(12-14-19)15-23-25-22-24-21(16-26-22)20-9-5-2-6-10-20/h1-16H,(H,24,25)/b23-15+. The number of hydrazone groups is 1. The lowest BCUT2D eigenvalue weighted by atomic mass is 10.0. The summed E-state index contributed by atoms with van der Waals surface area (Å²) in [4.78, 5) is 4.56. The third-order valence-electron chi connectivity index (χ3n) is 3.97. The largest absolute Gasteiger partial charge is 0.253 e. The molecule has 1 heterocycles. The fourth-order valence-electron chi connectivity index (χ4n) is 2.62. The number of anilines is 1. The smallest absolute Gasteiger partial charge is 0.203 e. The van der Waals surface area contributed by atoms with E-state index in [2.05, 4.69) is 64.0 Å². The molecule has 1 N–H and O–H groups in total. The van der Waals surface area contributed by atoms with Crippen LogP contribution in [0.1, 0.15) is 5.56 Å². The van der Waals surface area contributed by atoms with Crippen molar-refractivity contribution in [3.8, 4) is 22.4 Å². The Morgan fingerprint density at radius 3 is 2.04 bits per heavy atom. The Morgan fingerprint density at radius 2 is 1.35 bits per heavy atom. The van der Waals surface area contributed by atoms with Crippen LogP contribution in [0.2, 0.25) is 0 Å². The van der Waals surface area contributed by atoms with Crippen LogP contribution in [0.4, 0.5) is 5.13 Å². The highest BCUT2D eigenvalue weighted by Gasteiger charge is 2.02. The molecule has 4 rings (SSSR count). The van der Waals surface area contributed by atoms with E-state index in [0.717, 1.165) is 22.0 Å². The lowest BCUT2D eigenvalue weighted by Gasteiger charge is -2.01. The highest BCUT2D eigenvalue weighted by atomic mass is 32.1. The van der Waals surface area contributed by atoms with E-state index < -0.39 is 0 Å². The number of rotatable bonds is 5. The fraction of sp³-hybridized carbons (Fsp3) is 0. The van der Waals surface area contributed by atoms with Crippen molar-refractivity contribution in [2.75, 3.05) is 5.43 Å². The molecule has 0 fully saturated rings.